The minimum Gasteiger partial charge on any atom is -0.280 e. The first-order chi connectivity index (χ1) is 13.1. The molecule has 3 rings (SSSR count). The van der Waals surface area contributed by atoms with Crippen molar-refractivity contribution in [3.05, 3.63) is 62.1 Å². The number of hydrogen-bond donors (Lipinski definition) is 0. The third-order valence-corrected chi connectivity index (χ3v) is 5.46. The molecule has 0 radical (unpaired) electrons. The minimum absolute atomic E-state index is 0.317. The Morgan fingerprint density at radius 1 is 1.11 bits per heavy atom. The average molecular weight is 395 g/mol. The molecule has 2 heterocycles. The van der Waals surface area contributed by atoms with Crippen LogP contribution >= 0.6 is 11.8 Å². The van der Waals surface area contributed by atoms with E-state index in [1.807, 2.05) is 39.0 Å². The standard InChI is InChI=1S/C20H21N5O2S/c1-20(2,3)18-22-15-14(17(26)25(5)19(27)24(15)4)16(23-18)28-11-13-9-7-6-8-12(13)10-21/h6-9H,11H2,1-5H3. The fourth-order valence-corrected chi connectivity index (χ4v) is 3.79. The molecule has 0 aliphatic carbocycles. The first-order valence-corrected chi connectivity index (χ1v) is 9.72. The van der Waals surface area contributed by atoms with Crippen LogP contribution in [0.25, 0.3) is 11.0 Å². The molecule has 0 amide bonds. The van der Waals surface area contributed by atoms with Crippen molar-refractivity contribution in [1.82, 2.24) is 19.1 Å². The molecule has 144 valence electrons. The van der Waals surface area contributed by atoms with Gasteiger partial charge in [-0.25, -0.2) is 14.8 Å². The zero-order valence-electron chi connectivity index (χ0n) is 16.5. The Bertz CT molecular complexity index is 1230. The normalized spacial score (nSPS) is 11.6. The third-order valence-electron chi connectivity index (χ3n) is 4.44. The molecule has 0 fully saturated rings. The smallest absolute Gasteiger partial charge is 0.280 e. The van der Waals surface area contributed by atoms with E-state index < -0.39 is 11.2 Å². The van der Waals surface area contributed by atoms with Gasteiger partial charge < -0.3 is 0 Å². The van der Waals surface area contributed by atoms with Gasteiger partial charge in [-0.05, 0) is 11.6 Å². The van der Waals surface area contributed by atoms with Crippen LogP contribution in [0.4, 0.5) is 0 Å². The number of thioether (sulfide) groups is 1. The third kappa shape index (κ3) is 3.45. The summed E-state index contributed by atoms with van der Waals surface area (Å²) in [5.74, 6) is 1.03. The highest BCUT2D eigenvalue weighted by Gasteiger charge is 2.23. The van der Waals surface area contributed by atoms with Gasteiger partial charge in [0.15, 0.2) is 5.65 Å². The fraction of sp³-hybridized carbons (Fsp3) is 0.350. The Morgan fingerprint density at radius 3 is 2.43 bits per heavy atom. The highest BCUT2D eigenvalue weighted by Crippen LogP contribution is 2.29. The lowest BCUT2D eigenvalue weighted by atomic mass is 9.96. The van der Waals surface area contributed by atoms with Gasteiger partial charge in [0.25, 0.3) is 5.56 Å². The second-order valence-electron chi connectivity index (χ2n) is 7.56. The van der Waals surface area contributed by atoms with Crippen molar-refractivity contribution in [2.24, 2.45) is 14.1 Å². The maximum Gasteiger partial charge on any atom is 0.332 e. The van der Waals surface area contributed by atoms with E-state index in [4.69, 9.17) is 0 Å². The van der Waals surface area contributed by atoms with Crippen molar-refractivity contribution in [2.75, 3.05) is 0 Å². The van der Waals surface area contributed by atoms with Crippen LogP contribution in [0.2, 0.25) is 0 Å². The molecule has 2 aromatic heterocycles. The van der Waals surface area contributed by atoms with Gasteiger partial charge in [-0.3, -0.25) is 13.9 Å². The molecule has 0 aliphatic heterocycles. The highest BCUT2D eigenvalue weighted by molar-refractivity contribution is 7.98. The van der Waals surface area contributed by atoms with Gasteiger partial charge in [0.2, 0.25) is 0 Å². The quantitative estimate of drug-likeness (QED) is 0.500. The Morgan fingerprint density at radius 2 is 1.79 bits per heavy atom. The van der Waals surface area contributed by atoms with Gasteiger partial charge in [0.1, 0.15) is 16.2 Å². The number of hydrogen-bond acceptors (Lipinski definition) is 6. The van der Waals surface area contributed by atoms with E-state index in [1.54, 1.807) is 13.1 Å². The van der Waals surface area contributed by atoms with Crippen LogP contribution in [0.15, 0.2) is 38.9 Å². The molecule has 28 heavy (non-hydrogen) atoms. The zero-order chi connectivity index (χ0) is 20.6. The lowest BCUT2D eigenvalue weighted by Crippen LogP contribution is -2.38. The predicted octanol–water partition coefficient (Wildman–Crippen LogP) is 2.49. The van der Waals surface area contributed by atoms with E-state index in [1.165, 1.54) is 23.4 Å². The Hall–Kier alpha value is -2.92. The molecular formula is C20H21N5O2S. The monoisotopic (exact) mass is 395 g/mol. The molecule has 3 aromatic rings. The summed E-state index contributed by atoms with van der Waals surface area (Å²) in [7, 11) is 3.05. The molecule has 0 bridgehead atoms. The molecule has 0 aliphatic rings. The van der Waals surface area contributed by atoms with Crippen LogP contribution < -0.4 is 11.2 Å². The van der Waals surface area contributed by atoms with Gasteiger partial charge in [0.05, 0.1) is 11.6 Å². The number of nitrogens with zero attached hydrogens (tertiary/aromatic N) is 5. The van der Waals surface area contributed by atoms with Crippen LogP contribution in [0.1, 0.15) is 37.7 Å². The van der Waals surface area contributed by atoms with Crippen molar-refractivity contribution in [3.8, 4) is 6.07 Å². The van der Waals surface area contributed by atoms with Gasteiger partial charge in [-0.2, -0.15) is 5.26 Å². The van der Waals surface area contributed by atoms with Crippen LogP contribution in [-0.4, -0.2) is 19.1 Å². The maximum atomic E-state index is 12.8. The number of aromatic nitrogens is 4. The van der Waals surface area contributed by atoms with E-state index in [2.05, 4.69) is 16.0 Å². The molecule has 1 aromatic carbocycles. The van der Waals surface area contributed by atoms with Crippen molar-refractivity contribution in [1.29, 1.82) is 5.26 Å². The fourth-order valence-electron chi connectivity index (χ4n) is 2.77. The number of fused-ring (bicyclic) bond motifs is 1. The van der Waals surface area contributed by atoms with Crippen LogP contribution in [0, 0.1) is 11.3 Å². The molecule has 0 saturated carbocycles. The van der Waals surface area contributed by atoms with Crippen LogP contribution in [0.5, 0.6) is 0 Å². The Kier molecular flexibility index (Phi) is 5.13. The Balaban J connectivity index is 2.24. The summed E-state index contributed by atoms with van der Waals surface area (Å²) in [6.45, 7) is 5.94. The van der Waals surface area contributed by atoms with Crippen molar-refractivity contribution < 1.29 is 0 Å². The van der Waals surface area contributed by atoms with E-state index in [-0.39, 0.29) is 5.41 Å². The number of nitriles is 1. The maximum absolute atomic E-state index is 12.8. The number of benzene rings is 1. The van der Waals surface area contributed by atoms with Crippen LogP contribution in [-0.2, 0) is 25.3 Å². The molecule has 0 atom stereocenters. The van der Waals surface area contributed by atoms with Crippen LogP contribution in [0.3, 0.4) is 0 Å². The molecule has 8 heteroatoms. The number of rotatable bonds is 3. The molecular weight excluding hydrogens is 374 g/mol. The summed E-state index contributed by atoms with van der Waals surface area (Å²) in [4.78, 5) is 34.4. The summed E-state index contributed by atoms with van der Waals surface area (Å²) in [6, 6.07) is 9.52. The van der Waals surface area contributed by atoms with Crippen molar-refractivity contribution in [2.45, 2.75) is 37.0 Å². The van der Waals surface area contributed by atoms with E-state index >= 15 is 0 Å². The van der Waals surface area contributed by atoms with Gasteiger partial charge in [-0.1, -0.05) is 39.0 Å². The summed E-state index contributed by atoms with van der Waals surface area (Å²) in [5.41, 5.74) is 0.566. The van der Waals surface area contributed by atoms with E-state index in [9.17, 15) is 14.9 Å². The lowest BCUT2D eigenvalue weighted by molar-refractivity contribution is 0.539. The second-order valence-corrected chi connectivity index (χ2v) is 8.53. The SMILES string of the molecule is Cn1c(=O)c2c(SCc3ccccc3C#N)nc(C(C)(C)C)nc2n(C)c1=O. The summed E-state index contributed by atoms with van der Waals surface area (Å²) in [6.07, 6.45) is 0. The molecule has 0 unspecified atom stereocenters. The molecule has 7 nitrogen and oxygen atoms in total. The summed E-state index contributed by atoms with van der Waals surface area (Å²) in [5, 5.41) is 10.1. The average Bonchev–Trinajstić information content (AvgIpc) is 2.67. The first-order valence-electron chi connectivity index (χ1n) is 8.74. The summed E-state index contributed by atoms with van der Waals surface area (Å²) >= 11 is 1.37. The zero-order valence-corrected chi connectivity index (χ0v) is 17.3. The Labute approximate surface area is 166 Å². The highest BCUT2D eigenvalue weighted by atomic mass is 32.2. The predicted molar refractivity (Wildman–Crippen MR) is 109 cm³/mol. The van der Waals surface area contributed by atoms with Gasteiger partial charge >= 0.3 is 5.69 Å². The topological polar surface area (TPSA) is 93.6 Å². The largest absolute Gasteiger partial charge is 0.332 e. The van der Waals surface area contributed by atoms with Gasteiger partial charge in [-0.15, -0.1) is 11.8 Å². The summed E-state index contributed by atoms with van der Waals surface area (Å²) < 4.78 is 2.44. The lowest BCUT2D eigenvalue weighted by Gasteiger charge is -2.19. The van der Waals surface area contributed by atoms with Gasteiger partial charge in [0, 0.05) is 25.3 Å². The van der Waals surface area contributed by atoms with Crippen molar-refractivity contribution >= 4 is 22.8 Å². The second kappa shape index (κ2) is 7.24. The molecule has 0 spiro atoms. The number of aryl methyl sites for hydroxylation is 1. The van der Waals surface area contributed by atoms with E-state index in [0.29, 0.717) is 33.2 Å². The molecule has 0 N–H and O–H groups in total. The van der Waals surface area contributed by atoms with Crippen molar-refractivity contribution in [3.63, 3.8) is 0 Å². The molecule has 0 saturated heterocycles. The minimum atomic E-state index is -0.429. The van der Waals surface area contributed by atoms with E-state index in [0.717, 1.165) is 10.1 Å². The first kappa shape index (κ1) is 19.8.